The largest absolute Gasteiger partial charge is 0.309 e. The van der Waals surface area contributed by atoms with E-state index in [1.165, 1.54) is 0 Å². The zero-order valence-corrected chi connectivity index (χ0v) is 17.4. The third-order valence-electron chi connectivity index (χ3n) is 5.16. The summed E-state index contributed by atoms with van der Waals surface area (Å²) in [4.78, 5) is 28.1. The van der Waals surface area contributed by atoms with E-state index in [0.29, 0.717) is 28.9 Å². The van der Waals surface area contributed by atoms with Gasteiger partial charge in [0.05, 0.1) is 22.5 Å². The molecule has 0 atom stereocenters. The van der Waals surface area contributed by atoms with E-state index in [4.69, 9.17) is 11.6 Å². The molecule has 1 aliphatic heterocycles. The highest BCUT2D eigenvalue weighted by atomic mass is 35.5. The molecule has 0 fully saturated rings. The van der Waals surface area contributed by atoms with Crippen molar-refractivity contribution in [2.45, 2.75) is 6.42 Å². The Morgan fingerprint density at radius 1 is 1.13 bits per heavy atom. The van der Waals surface area contributed by atoms with Crippen LogP contribution in [0, 0.1) is 0 Å². The number of rotatable bonds is 4. The highest BCUT2D eigenvalue weighted by Gasteiger charge is 2.28. The molecule has 31 heavy (non-hydrogen) atoms. The number of pyridine rings is 1. The lowest BCUT2D eigenvalue weighted by Crippen LogP contribution is -2.29. The zero-order valence-electron chi connectivity index (χ0n) is 16.7. The summed E-state index contributed by atoms with van der Waals surface area (Å²) in [5, 5.41) is 7.72. The van der Waals surface area contributed by atoms with Crippen molar-refractivity contribution in [1.82, 2.24) is 24.7 Å². The summed E-state index contributed by atoms with van der Waals surface area (Å²) in [6.07, 6.45) is 5.85. The van der Waals surface area contributed by atoms with Gasteiger partial charge in [-0.05, 0) is 36.2 Å². The second-order valence-electron chi connectivity index (χ2n) is 7.12. The summed E-state index contributed by atoms with van der Waals surface area (Å²) in [6.45, 7) is 0.562. The molecule has 0 saturated heterocycles. The number of nitrogens with one attached hydrogen (secondary N) is 1. The van der Waals surface area contributed by atoms with Crippen molar-refractivity contribution in [3.8, 4) is 11.3 Å². The molecular formula is C22H18ClN7O. The molecule has 1 N–H and O–H groups in total. The first-order valence-corrected chi connectivity index (χ1v) is 10.1. The molecule has 3 aromatic heterocycles. The van der Waals surface area contributed by atoms with Gasteiger partial charge in [0.15, 0.2) is 0 Å². The molecule has 5 rings (SSSR count). The maximum atomic E-state index is 13.0. The van der Waals surface area contributed by atoms with Crippen LogP contribution in [-0.2, 0) is 13.5 Å². The van der Waals surface area contributed by atoms with Gasteiger partial charge in [-0.15, -0.1) is 0 Å². The van der Waals surface area contributed by atoms with E-state index in [2.05, 4.69) is 25.4 Å². The van der Waals surface area contributed by atoms with Crippen LogP contribution in [0.1, 0.15) is 15.9 Å². The molecule has 0 radical (unpaired) electrons. The Kier molecular flexibility index (Phi) is 4.83. The average molecular weight is 432 g/mol. The SMILES string of the molecule is Cn1nccc1Nc1nccc(-c2cnc3c(c2)CCN3C(=O)c2ccccc2Cl)n1. The van der Waals surface area contributed by atoms with Crippen LogP contribution in [0.3, 0.4) is 0 Å². The van der Waals surface area contributed by atoms with E-state index in [0.717, 1.165) is 29.1 Å². The maximum Gasteiger partial charge on any atom is 0.260 e. The summed E-state index contributed by atoms with van der Waals surface area (Å²) in [5.74, 6) is 1.78. The van der Waals surface area contributed by atoms with Gasteiger partial charge in [0.2, 0.25) is 5.95 Å². The maximum absolute atomic E-state index is 13.0. The fraction of sp³-hybridized carbons (Fsp3) is 0.136. The molecular weight excluding hydrogens is 414 g/mol. The number of carbonyl (C=O) groups is 1. The van der Waals surface area contributed by atoms with Crippen molar-refractivity contribution < 1.29 is 4.79 Å². The minimum absolute atomic E-state index is 0.144. The molecule has 0 aliphatic carbocycles. The van der Waals surface area contributed by atoms with Gasteiger partial charge >= 0.3 is 0 Å². The number of amides is 1. The van der Waals surface area contributed by atoms with Crippen molar-refractivity contribution in [3.05, 3.63) is 77.2 Å². The number of aromatic nitrogens is 5. The summed E-state index contributed by atoms with van der Waals surface area (Å²) in [7, 11) is 1.84. The van der Waals surface area contributed by atoms with Crippen molar-refractivity contribution in [1.29, 1.82) is 0 Å². The van der Waals surface area contributed by atoms with E-state index in [1.54, 1.807) is 52.4 Å². The van der Waals surface area contributed by atoms with Crippen LogP contribution in [0.5, 0.6) is 0 Å². The predicted molar refractivity (Wildman–Crippen MR) is 119 cm³/mol. The Bertz CT molecular complexity index is 1290. The smallest absolute Gasteiger partial charge is 0.260 e. The molecule has 1 amide bonds. The first-order chi connectivity index (χ1) is 15.1. The van der Waals surface area contributed by atoms with Gasteiger partial charge in [-0.25, -0.2) is 15.0 Å². The van der Waals surface area contributed by atoms with Gasteiger partial charge in [0, 0.05) is 37.6 Å². The van der Waals surface area contributed by atoms with Crippen molar-refractivity contribution in [2.75, 3.05) is 16.8 Å². The van der Waals surface area contributed by atoms with Crippen LogP contribution in [0.25, 0.3) is 11.3 Å². The second-order valence-corrected chi connectivity index (χ2v) is 7.53. The average Bonchev–Trinajstić information content (AvgIpc) is 3.39. The first kappa shape index (κ1) is 19.2. The highest BCUT2D eigenvalue weighted by Crippen LogP contribution is 2.31. The Balaban J connectivity index is 1.42. The van der Waals surface area contributed by atoms with Gasteiger partial charge in [0.1, 0.15) is 11.6 Å². The van der Waals surface area contributed by atoms with Gasteiger partial charge in [-0.3, -0.25) is 14.4 Å². The standard InChI is InChI=1S/C22H18ClN7O/c1-29-19(7-10-26-29)28-22-24-9-6-18(27-22)15-12-14-8-11-30(20(14)25-13-15)21(31)16-4-2-3-5-17(16)23/h2-7,9-10,12-13H,8,11H2,1H3,(H,24,27,28). The Labute approximate surface area is 183 Å². The van der Waals surface area contributed by atoms with E-state index in [9.17, 15) is 4.79 Å². The third kappa shape index (κ3) is 3.62. The number of aryl methyl sites for hydroxylation is 1. The molecule has 1 aromatic carbocycles. The van der Waals surface area contributed by atoms with E-state index < -0.39 is 0 Å². The quantitative estimate of drug-likeness (QED) is 0.527. The van der Waals surface area contributed by atoms with Gasteiger partial charge in [-0.2, -0.15) is 5.10 Å². The van der Waals surface area contributed by atoms with Gasteiger partial charge < -0.3 is 5.32 Å². The molecule has 0 bridgehead atoms. The molecule has 0 spiro atoms. The van der Waals surface area contributed by atoms with Gasteiger partial charge in [-0.1, -0.05) is 23.7 Å². The topological polar surface area (TPSA) is 88.8 Å². The Morgan fingerprint density at radius 2 is 2.00 bits per heavy atom. The monoisotopic (exact) mass is 431 g/mol. The van der Waals surface area contributed by atoms with E-state index >= 15 is 0 Å². The number of anilines is 3. The Morgan fingerprint density at radius 3 is 2.81 bits per heavy atom. The van der Waals surface area contributed by atoms with E-state index in [1.807, 2.05) is 25.2 Å². The lowest BCUT2D eigenvalue weighted by Gasteiger charge is -2.17. The molecule has 0 saturated carbocycles. The second kappa shape index (κ2) is 7.81. The molecule has 4 heterocycles. The molecule has 9 heteroatoms. The van der Waals surface area contributed by atoms with Crippen LogP contribution in [0.4, 0.5) is 17.6 Å². The van der Waals surface area contributed by atoms with E-state index in [-0.39, 0.29) is 5.91 Å². The number of fused-ring (bicyclic) bond motifs is 1. The molecule has 1 aliphatic rings. The minimum Gasteiger partial charge on any atom is -0.309 e. The summed E-state index contributed by atoms with van der Waals surface area (Å²) in [6, 6.07) is 12.8. The summed E-state index contributed by atoms with van der Waals surface area (Å²) < 4.78 is 1.71. The fourth-order valence-corrected chi connectivity index (χ4v) is 3.79. The fourth-order valence-electron chi connectivity index (χ4n) is 3.58. The molecule has 0 unspecified atom stereocenters. The number of halogens is 1. The molecule has 8 nitrogen and oxygen atoms in total. The van der Waals surface area contributed by atoms with Gasteiger partial charge in [0.25, 0.3) is 5.91 Å². The molecule has 154 valence electrons. The Hall–Kier alpha value is -3.78. The normalized spacial score (nSPS) is 12.6. The predicted octanol–water partition coefficient (Wildman–Crippen LogP) is 3.87. The highest BCUT2D eigenvalue weighted by molar-refractivity contribution is 6.34. The van der Waals surface area contributed by atoms with Crippen LogP contribution in [0.2, 0.25) is 5.02 Å². The van der Waals surface area contributed by atoms with Crippen LogP contribution < -0.4 is 10.2 Å². The van der Waals surface area contributed by atoms with Crippen LogP contribution >= 0.6 is 11.6 Å². The number of hydrogen-bond donors (Lipinski definition) is 1. The zero-order chi connectivity index (χ0) is 21.4. The van der Waals surface area contributed by atoms with Crippen LogP contribution in [-0.4, -0.2) is 37.2 Å². The summed E-state index contributed by atoms with van der Waals surface area (Å²) in [5.41, 5.74) is 3.08. The number of nitrogens with zero attached hydrogens (tertiary/aromatic N) is 6. The number of benzene rings is 1. The third-order valence-corrected chi connectivity index (χ3v) is 5.49. The first-order valence-electron chi connectivity index (χ1n) is 9.74. The van der Waals surface area contributed by atoms with Crippen molar-refractivity contribution in [2.24, 2.45) is 7.05 Å². The van der Waals surface area contributed by atoms with Crippen LogP contribution in [0.15, 0.2) is 61.1 Å². The van der Waals surface area contributed by atoms with Crippen molar-refractivity contribution >= 4 is 35.1 Å². The minimum atomic E-state index is -0.144. The number of hydrogen-bond acceptors (Lipinski definition) is 6. The summed E-state index contributed by atoms with van der Waals surface area (Å²) >= 11 is 6.21. The molecule has 4 aromatic rings. The number of carbonyl (C=O) groups excluding carboxylic acids is 1. The van der Waals surface area contributed by atoms with Crippen molar-refractivity contribution in [3.63, 3.8) is 0 Å². The lowest BCUT2D eigenvalue weighted by atomic mass is 10.1. The lowest BCUT2D eigenvalue weighted by molar-refractivity contribution is 0.0989.